The molecule has 2 fully saturated rings. The van der Waals surface area contributed by atoms with E-state index in [1.165, 1.54) is 0 Å². The van der Waals surface area contributed by atoms with Gasteiger partial charge in [-0.15, -0.1) is 12.4 Å². The number of ether oxygens (including phenoxy) is 1. The molecule has 2 atom stereocenters. The molecule has 1 amide bonds. The molecule has 2 aliphatic rings. The molecule has 1 aromatic rings. The van der Waals surface area contributed by atoms with Crippen molar-refractivity contribution in [3.8, 4) is 6.07 Å². The van der Waals surface area contributed by atoms with Crippen molar-refractivity contribution in [2.45, 2.75) is 44.4 Å². The first-order chi connectivity index (χ1) is 12.1. The summed E-state index contributed by atoms with van der Waals surface area (Å²) in [6, 6.07) is 5.98. The third-order valence-electron chi connectivity index (χ3n) is 4.86. The Morgan fingerprint density at radius 1 is 1.35 bits per heavy atom. The topological polar surface area (TPSA) is 95.5 Å². The van der Waals surface area contributed by atoms with Crippen molar-refractivity contribution in [2.24, 2.45) is 5.73 Å². The van der Waals surface area contributed by atoms with Crippen LogP contribution in [-0.4, -0.2) is 60.2 Å². The summed E-state index contributed by atoms with van der Waals surface area (Å²) in [4.78, 5) is 21.1. The van der Waals surface area contributed by atoms with Crippen molar-refractivity contribution in [2.75, 3.05) is 31.1 Å². The first-order valence-corrected chi connectivity index (χ1v) is 8.87. The standard InChI is InChI=1S/C18H25N5O2.ClH/c1-13(20)12-25-16-6-9-23(18(16)24)15-4-7-22(8-5-15)17-3-2-14(10-19)11-21-17;/h2-3,11,13,15-16H,4-9,12,20H2,1H3;1H. The lowest BCUT2D eigenvalue weighted by Crippen LogP contribution is -2.47. The number of carbonyl (C=O) groups excluding carboxylic acids is 1. The lowest BCUT2D eigenvalue weighted by atomic mass is 10.0. The predicted molar refractivity (Wildman–Crippen MR) is 101 cm³/mol. The number of likely N-dealkylation sites (tertiary alicyclic amines) is 1. The summed E-state index contributed by atoms with van der Waals surface area (Å²) < 4.78 is 5.65. The van der Waals surface area contributed by atoms with Crippen LogP contribution < -0.4 is 10.6 Å². The quantitative estimate of drug-likeness (QED) is 0.828. The average molecular weight is 380 g/mol. The average Bonchev–Trinajstić information content (AvgIpc) is 3.01. The lowest BCUT2D eigenvalue weighted by molar-refractivity contribution is -0.139. The Labute approximate surface area is 160 Å². The van der Waals surface area contributed by atoms with E-state index < -0.39 is 0 Å². The Morgan fingerprint density at radius 3 is 2.65 bits per heavy atom. The minimum atomic E-state index is -0.329. The van der Waals surface area contributed by atoms with Gasteiger partial charge in [0, 0.05) is 44.3 Å². The van der Waals surface area contributed by atoms with Crippen LogP contribution >= 0.6 is 12.4 Å². The van der Waals surface area contributed by atoms with Gasteiger partial charge in [0.25, 0.3) is 5.91 Å². The summed E-state index contributed by atoms with van der Waals surface area (Å²) in [7, 11) is 0. The number of halogens is 1. The van der Waals surface area contributed by atoms with Crippen LogP contribution in [0.4, 0.5) is 5.82 Å². The van der Waals surface area contributed by atoms with Gasteiger partial charge >= 0.3 is 0 Å². The van der Waals surface area contributed by atoms with Crippen LogP contribution in [-0.2, 0) is 9.53 Å². The number of nitrogens with two attached hydrogens (primary N) is 1. The number of carbonyl (C=O) groups is 1. The first-order valence-electron chi connectivity index (χ1n) is 8.87. The molecule has 0 aliphatic carbocycles. The molecule has 7 nitrogen and oxygen atoms in total. The number of rotatable bonds is 5. The van der Waals surface area contributed by atoms with Gasteiger partial charge in [-0.3, -0.25) is 4.79 Å². The van der Waals surface area contributed by atoms with E-state index in [0.29, 0.717) is 12.2 Å². The molecule has 8 heteroatoms. The molecule has 0 aromatic carbocycles. The van der Waals surface area contributed by atoms with Crippen molar-refractivity contribution in [1.82, 2.24) is 9.88 Å². The molecule has 2 N–H and O–H groups in total. The van der Waals surface area contributed by atoms with Gasteiger partial charge in [0.15, 0.2) is 0 Å². The van der Waals surface area contributed by atoms with Crippen molar-refractivity contribution in [1.29, 1.82) is 5.26 Å². The van der Waals surface area contributed by atoms with Gasteiger partial charge in [-0.1, -0.05) is 0 Å². The monoisotopic (exact) mass is 379 g/mol. The highest BCUT2D eigenvalue weighted by atomic mass is 35.5. The summed E-state index contributed by atoms with van der Waals surface area (Å²) in [5.74, 6) is 0.999. The van der Waals surface area contributed by atoms with Crippen molar-refractivity contribution >= 4 is 24.1 Å². The fourth-order valence-corrected chi connectivity index (χ4v) is 3.51. The number of hydrogen-bond acceptors (Lipinski definition) is 6. The number of hydrogen-bond donors (Lipinski definition) is 1. The van der Waals surface area contributed by atoms with Gasteiger partial charge in [-0.05, 0) is 31.9 Å². The molecule has 3 heterocycles. The second kappa shape index (κ2) is 9.17. The van der Waals surface area contributed by atoms with E-state index in [0.717, 1.165) is 44.7 Å². The summed E-state index contributed by atoms with van der Waals surface area (Å²) in [6.45, 7) is 4.79. The van der Waals surface area contributed by atoms with Gasteiger partial charge < -0.3 is 20.3 Å². The molecule has 26 heavy (non-hydrogen) atoms. The molecule has 3 rings (SSSR count). The van der Waals surface area contributed by atoms with Gasteiger partial charge in [0.2, 0.25) is 0 Å². The van der Waals surface area contributed by atoms with E-state index in [1.54, 1.807) is 12.3 Å². The Bertz CT molecular complexity index is 638. The third-order valence-corrected chi connectivity index (χ3v) is 4.86. The number of nitrogens with zero attached hydrogens (tertiary/aromatic N) is 4. The maximum absolute atomic E-state index is 12.5. The second-order valence-electron chi connectivity index (χ2n) is 6.85. The van der Waals surface area contributed by atoms with E-state index in [4.69, 9.17) is 15.7 Å². The maximum Gasteiger partial charge on any atom is 0.252 e. The van der Waals surface area contributed by atoms with Gasteiger partial charge in [0.1, 0.15) is 18.0 Å². The summed E-state index contributed by atoms with van der Waals surface area (Å²) in [5.41, 5.74) is 6.27. The summed E-state index contributed by atoms with van der Waals surface area (Å²) >= 11 is 0. The Kier molecular flexibility index (Phi) is 7.21. The number of aromatic nitrogens is 1. The van der Waals surface area contributed by atoms with Gasteiger partial charge in [-0.2, -0.15) is 5.26 Å². The van der Waals surface area contributed by atoms with Gasteiger partial charge in [-0.25, -0.2) is 4.98 Å². The van der Waals surface area contributed by atoms with Crippen molar-refractivity contribution < 1.29 is 9.53 Å². The number of pyridine rings is 1. The number of piperidine rings is 1. The molecule has 2 unspecified atom stereocenters. The minimum absolute atomic E-state index is 0. The number of amides is 1. The van der Waals surface area contributed by atoms with Crippen molar-refractivity contribution in [3.63, 3.8) is 0 Å². The SMILES string of the molecule is CC(N)COC1CCN(C2CCN(c3ccc(C#N)cn3)CC2)C1=O.Cl. The molecule has 0 spiro atoms. The van der Waals surface area contributed by atoms with E-state index >= 15 is 0 Å². The zero-order valence-corrected chi connectivity index (χ0v) is 15.8. The van der Waals surface area contributed by atoms with Crippen LogP contribution in [0.3, 0.4) is 0 Å². The highest BCUT2D eigenvalue weighted by molar-refractivity contribution is 5.85. The van der Waals surface area contributed by atoms with Crippen LogP contribution in [0.15, 0.2) is 18.3 Å². The predicted octanol–water partition coefficient (Wildman–Crippen LogP) is 1.31. The molecular formula is C18H26ClN5O2. The fraction of sp³-hybridized carbons (Fsp3) is 0.611. The number of nitriles is 1. The van der Waals surface area contributed by atoms with E-state index in [-0.39, 0.29) is 36.5 Å². The van der Waals surface area contributed by atoms with E-state index in [9.17, 15) is 4.79 Å². The Hall–Kier alpha value is -1.88. The smallest absolute Gasteiger partial charge is 0.252 e. The molecule has 142 valence electrons. The molecule has 0 radical (unpaired) electrons. The number of anilines is 1. The van der Waals surface area contributed by atoms with Crippen molar-refractivity contribution in [3.05, 3.63) is 23.9 Å². The third kappa shape index (κ3) is 4.64. The lowest BCUT2D eigenvalue weighted by Gasteiger charge is -2.37. The maximum atomic E-state index is 12.5. The Morgan fingerprint density at radius 2 is 2.08 bits per heavy atom. The normalized spacial score (nSPS) is 22.0. The minimum Gasteiger partial charge on any atom is -0.367 e. The van der Waals surface area contributed by atoms with Crippen LogP contribution in [0.1, 0.15) is 31.7 Å². The fourth-order valence-electron chi connectivity index (χ4n) is 3.51. The second-order valence-corrected chi connectivity index (χ2v) is 6.85. The first kappa shape index (κ1) is 20.4. The highest BCUT2D eigenvalue weighted by Crippen LogP contribution is 2.26. The van der Waals surface area contributed by atoms with Gasteiger partial charge in [0.05, 0.1) is 12.2 Å². The Balaban J connectivity index is 0.00000243. The van der Waals surface area contributed by atoms with E-state index in [2.05, 4.69) is 16.0 Å². The molecule has 2 aliphatic heterocycles. The van der Waals surface area contributed by atoms with Crippen LogP contribution in [0, 0.1) is 11.3 Å². The summed E-state index contributed by atoms with van der Waals surface area (Å²) in [5, 5.41) is 8.85. The summed E-state index contributed by atoms with van der Waals surface area (Å²) in [6.07, 6.45) is 3.87. The molecule has 0 bridgehead atoms. The molecule has 2 saturated heterocycles. The van der Waals surface area contributed by atoms with E-state index in [1.807, 2.05) is 17.9 Å². The molecule has 1 aromatic heterocycles. The largest absolute Gasteiger partial charge is 0.367 e. The highest BCUT2D eigenvalue weighted by Gasteiger charge is 2.37. The molecular weight excluding hydrogens is 354 g/mol. The zero-order chi connectivity index (χ0) is 17.8. The van der Waals surface area contributed by atoms with Crippen LogP contribution in [0.25, 0.3) is 0 Å². The van der Waals surface area contributed by atoms with Crippen LogP contribution in [0.5, 0.6) is 0 Å². The van der Waals surface area contributed by atoms with Crippen LogP contribution in [0.2, 0.25) is 0 Å². The molecule has 0 saturated carbocycles. The zero-order valence-electron chi connectivity index (χ0n) is 15.0.